The monoisotopic (exact) mass is 1570 g/mol. The number of hydrogen-bond acceptors (Lipinski definition) is 15. The Bertz CT molecular complexity index is 3450. The topological polar surface area (TPSA) is 198 Å². The van der Waals surface area contributed by atoms with Gasteiger partial charge in [0.25, 0.3) is 0 Å². The molecule has 0 aliphatic carbocycles. The van der Waals surface area contributed by atoms with Crippen molar-refractivity contribution >= 4 is 17.7 Å². The van der Waals surface area contributed by atoms with Gasteiger partial charge in [0.1, 0.15) is 18.3 Å². The molecule has 555 valence electrons. The van der Waals surface area contributed by atoms with Crippen molar-refractivity contribution < 1.29 is 112 Å². The molecule has 19 heteroatoms. The Morgan fingerprint density at radius 3 is 0.594 bits per heavy atom. The first-order valence-corrected chi connectivity index (χ1v) is 35.6. The second-order valence-corrected chi connectivity index (χ2v) is 25.7. The van der Waals surface area contributed by atoms with Crippen LogP contribution in [0.2, 0.25) is 0 Å². The molecule has 18 nitrogen and oxygen atoms in total. The fourth-order valence-corrected chi connectivity index (χ4v) is 12.1. The van der Waals surface area contributed by atoms with Crippen LogP contribution in [-0.2, 0) is 131 Å². The molecule has 3 saturated heterocycles. The number of hydrogen-bond donors (Lipinski definition) is 3. The van der Waals surface area contributed by atoms with Gasteiger partial charge >= 0.3 is 40.4 Å². The number of benzene rings is 9. The molecule has 0 spiro atoms. The van der Waals surface area contributed by atoms with E-state index in [1.165, 1.54) is 20.8 Å². The predicted molar refractivity (Wildman–Crippen MR) is 399 cm³/mol. The smallest absolute Gasteiger partial charge is 0.544 e. The minimum absolute atomic E-state index is 0. The Morgan fingerprint density at radius 2 is 0.425 bits per heavy atom. The van der Waals surface area contributed by atoms with E-state index in [0.717, 1.165) is 50.1 Å². The van der Waals surface area contributed by atoms with Crippen LogP contribution in [0.5, 0.6) is 0 Å². The quantitative estimate of drug-likeness (QED) is 0.0328. The third-order valence-electron chi connectivity index (χ3n) is 17.3. The van der Waals surface area contributed by atoms with Gasteiger partial charge in [0, 0.05) is 20.8 Å². The van der Waals surface area contributed by atoms with E-state index in [-0.39, 0.29) is 58.1 Å². The molecular formula is C87H96N3O15Sm. The largest absolute Gasteiger partial charge is 3.00 e. The van der Waals surface area contributed by atoms with E-state index in [9.17, 15) is 14.4 Å². The van der Waals surface area contributed by atoms with Crippen LogP contribution < -0.4 is 16.0 Å². The fraction of sp³-hybridized carbons (Fsp3) is 0.310. The Kier molecular flexibility index (Phi) is 36.1. The van der Waals surface area contributed by atoms with Gasteiger partial charge in [0.05, 0.1) is 116 Å². The predicted octanol–water partition coefficient (Wildman–Crippen LogP) is 13.3. The number of ether oxygens (including phenoxy) is 12. The van der Waals surface area contributed by atoms with Gasteiger partial charge in [-0.2, -0.15) is 19.8 Å². The van der Waals surface area contributed by atoms with Gasteiger partial charge in [0.15, 0.2) is 0 Å². The first kappa shape index (κ1) is 82.3. The van der Waals surface area contributed by atoms with Crippen LogP contribution in [0.1, 0.15) is 70.8 Å². The third kappa shape index (κ3) is 28.4. The average molecular weight is 1570 g/mol. The summed E-state index contributed by atoms with van der Waals surface area (Å²) in [6.07, 6.45) is -3.94. The molecule has 0 saturated carbocycles. The Balaban J connectivity index is 0.000000183. The van der Waals surface area contributed by atoms with E-state index < -0.39 is 73.1 Å². The van der Waals surface area contributed by atoms with E-state index in [1.807, 2.05) is 273 Å². The summed E-state index contributed by atoms with van der Waals surface area (Å²) in [6, 6.07) is 88.4. The molecule has 3 fully saturated rings. The molecule has 3 heterocycles. The number of rotatable bonds is 33. The van der Waals surface area contributed by atoms with Gasteiger partial charge < -0.3 is 72.8 Å². The summed E-state index contributed by atoms with van der Waals surface area (Å²) in [5.41, 5.74) is 9.51. The number of nitrogens with one attached hydrogen (secondary N) is 3. The molecule has 9 aromatic carbocycles. The van der Waals surface area contributed by atoms with Crippen molar-refractivity contribution in [3.05, 3.63) is 343 Å². The van der Waals surface area contributed by atoms with Crippen LogP contribution >= 0.6 is 0 Å². The standard InChI is InChI=1S/3C29H32NO5.Sm/c3*1-22(31)30-26-20-33-27(21-32-17-23-11-5-2-6-12-23)29(35-19-25-15-9-4-10-16-25)28(26)34-18-24-13-7-3-8-14-24;/h3*2-16,20,26-29H,17-19,21H2,1H3,(H,30,31);/q3*-1;+3/t3*26-,27+,28+,29-;/m000./s1. The van der Waals surface area contributed by atoms with E-state index in [1.54, 1.807) is 19.8 Å². The van der Waals surface area contributed by atoms with Crippen molar-refractivity contribution in [2.75, 3.05) is 19.8 Å². The average Bonchev–Trinajstić information content (AvgIpc) is 0.821. The van der Waals surface area contributed by atoms with Crippen molar-refractivity contribution in [3.8, 4) is 0 Å². The molecule has 1 radical (unpaired) electrons. The zero-order chi connectivity index (χ0) is 72.9. The van der Waals surface area contributed by atoms with E-state index >= 15 is 0 Å². The van der Waals surface area contributed by atoms with Crippen molar-refractivity contribution in [1.29, 1.82) is 0 Å². The first-order chi connectivity index (χ1) is 51.6. The van der Waals surface area contributed by atoms with Gasteiger partial charge in [-0.3, -0.25) is 14.4 Å². The Labute approximate surface area is 656 Å². The van der Waals surface area contributed by atoms with Crippen LogP contribution in [0.25, 0.3) is 0 Å². The summed E-state index contributed by atoms with van der Waals surface area (Å²) in [4.78, 5) is 35.8. The summed E-state index contributed by atoms with van der Waals surface area (Å²) in [5, 5.41) is 8.80. The molecule has 3 aliphatic rings. The van der Waals surface area contributed by atoms with Crippen LogP contribution in [-0.4, -0.2) is 111 Å². The fourth-order valence-electron chi connectivity index (χ4n) is 12.1. The van der Waals surface area contributed by atoms with Crippen LogP contribution in [0.3, 0.4) is 0 Å². The molecule has 0 unspecified atom stereocenters. The van der Waals surface area contributed by atoms with Gasteiger partial charge in [0.2, 0.25) is 17.7 Å². The Morgan fingerprint density at radius 1 is 0.264 bits per heavy atom. The van der Waals surface area contributed by atoms with Crippen molar-refractivity contribution in [2.45, 2.75) is 153 Å². The van der Waals surface area contributed by atoms with Gasteiger partial charge in [-0.25, -0.2) is 0 Å². The molecule has 3 amide bonds. The van der Waals surface area contributed by atoms with Gasteiger partial charge in [-0.05, 0) is 68.2 Å². The molecule has 0 bridgehead atoms. The summed E-state index contributed by atoms with van der Waals surface area (Å²) >= 11 is 0. The maximum Gasteiger partial charge on any atom is 3.00 e. The third-order valence-corrected chi connectivity index (χ3v) is 17.3. The van der Waals surface area contributed by atoms with Crippen molar-refractivity contribution in [3.63, 3.8) is 0 Å². The van der Waals surface area contributed by atoms with Crippen LogP contribution in [0, 0.1) is 60.2 Å². The molecule has 12 rings (SSSR count). The van der Waals surface area contributed by atoms with E-state index in [0.29, 0.717) is 79.3 Å². The molecule has 3 N–H and O–H groups in total. The summed E-state index contributed by atoms with van der Waals surface area (Å²) in [6.45, 7) is 14.1. The number of carbonyl (C=O) groups is 3. The maximum atomic E-state index is 11.9. The van der Waals surface area contributed by atoms with Crippen LogP contribution in [0.15, 0.2) is 273 Å². The van der Waals surface area contributed by atoms with E-state index in [4.69, 9.17) is 56.8 Å². The van der Waals surface area contributed by atoms with Crippen LogP contribution in [0.4, 0.5) is 0 Å². The number of carbonyl (C=O) groups excluding carboxylic acids is 3. The molecular weight excluding hydrogens is 1480 g/mol. The second kappa shape index (κ2) is 46.5. The molecule has 0 aromatic heterocycles. The molecule has 9 aromatic rings. The summed E-state index contributed by atoms with van der Waals surface area (Å²) in [7, 11) is 0. The van der Waals surface area contributed by atoms with Crippen molar-refractivity contribution in [2.24, 2.45) is 0 Å². The van der Waals surface area contributed by atoms with E-state index in [2.05, 4.69) is 16.0 Å². The number of amides is 3. The van der Waals surface area contributed by atoms with Gasteiger partial charge in [-0.1, -0.05) is 273 Å². The summed E-state index contributed by atoms with van der Waals surface area (Å²) < 4.78 is 74.4. The van der Waals surface area contributed by atoms with Gasteiger partial charge in [-0.15, -0.1) is 0 Å². The SMILES string of the molecule is CC(=O)N[C@H]1[CH-]O[C@H](COCc2ccccc2)[C@H](OCc2ccccc2)[C@@H]1OCc1ccccc1.CC(=O)N[C@H]1[CH-]O[C@H](COCc2ccccc2)[C@H](OCc2ccccc2)[C@@H]1OCc1ccccc1.CC(=O)N[C@H]1[CH-]O[C@H](COCc2ccccc2)[C@H](OCc2ccccc2)[C@@H]1OCc1ccccc1.[Sm+3]. The zero-order valence-electron chi connectivity index (χ0n) is 60.2. The minimum Gasteiger partial charge on any atom is -0.544 e. The molecule has 12 atom stereocenters. The molecule has 106 heavy (non-hydrogen) atoms. The second-order valence-electron chi connectivity index (χ2n) is 25.7. The Hall–Kier alpha value is -7.75. The first-order valence-electron chi connectivity index (χ1n) is 35.6. The summed E-state index contributed by atoms with van der Waals surface area (Å²) in [5.74, 6) is -0.490. The molecule has 3 aliphatic heterocycles. The maximum absolute atomic E-state index is 11.9. The normalized spacial score (nSPS) is 21.8. The zero-order valence-corrected chi connectivity index (χ0v) is 62.8. The minimum atomic E-state index is -0.462. The van der Waals surface area contributed by atoms with Crippen molar-refractivity contribution in [1.82, 2.24) is 16.0 Å².